The van der Waals surface area contributed by atoms with E-state index in [-0.39, 0.29) is 23.7 Å². The second kappa shape index (κ2) is 13.3. The van der Waals surface area contributed by atoms with E-state index in [0.29, 0.717) is 34.9 Å². The fraction of sp³-hybridized carbons (Fsp3) is 0.379. The van der Waals surface area contributed by atoms with Crippen LogP contribution >= 0.6 is 11.6 Å². The van der Waals surface area contributed by atoms with E-state index in [2.05, 4.69) is 15.8 Å². The maximum atomic E-state index is 14.1. The number of anilines is 2. The quantitative estimate of drug-likeness (QED) is 0.297. The summed E-state index contributed by atoms with van der Waals surface area (Å²) in [4.78, 5) is 42.0. The summed E-state index contributed by atoms with van der Waals surface area (Å²) >= 11 is 6.58. The molecule has 0 unspecified atom stereocenters. The third kappa shape index (κ3) is 7.32. The molecule has 0 bridgehead atoms. The highest BCUT2D eigenvalue weighted by Gasteiger charge is 2.38. The summed E-state index contributed by atoms with van der Waals surface area (Å²) in [5.41, 5.74) is 0.120. The standard InChI is InChI=1S/C29H35ClN4O6/c1-7-29(3,4)32-28(37)26(19-11-10-14-22(38-5)27(19)39-6)34(21-13-9-8-12-20(21)30)25(36)16-15-24(35)31-23-17-18(2)40-33-23/h8-14,17,26H,7,15-16H2,1-6H3,(H,32,37)(H,31,33,35)/t26-/m0/s1. The van der Waals surface area contributed by atoms with Crippen LogP contribution in [0.25, 0.3) is 0 Å². The maximum absolute atomic E-state index is 14.1. The number of ether oxygens (including phenoxy) is 2. The molecule has 40 heavy (non-hydrogen) atoms. The van der Waals surface area contributed by atoms with Crippen molar-refractivity contribution < 1.29 is 28.4 Å². The molecule has 10 nitrogen and oxygen atoms in total. The van der Waals surface area contributed by atoms with Gasteiger partial charge in [-0.3, -0.25) is 19.3 Å². The Morgan fingerprint density at radius 3 is 2.40 bits per heavy atom. The van der Waals surface area contributed by atoms with Gasteiger partial charge in [0.25, 0.3) is 0 Å². The highest BCUT2D eigenvalue weighted by molar-refractivity contribution is 6.34. The van der Waals surface area contributed by atoms with Gasteiger partial charge in [0.1, 0.15) is 11.8 Å². The van der Waals surface area contributed by atoms with Crippen molar-refractivity contribution in [1.82, 2.24) is 10.5 Å². The molecule has 2 N–H and O–H groups in total. The molecule has 1 heterocycles. The number of amides is 3. The highest BCUT2D eigenvalue weighted by Crippen LogP contribution is 2.41. The molecule has 0 aliphatic carbocycles. The van der Waals surface area contributed by atoms with Crippen LogP contribution in [0.5, 0.6) is 11.5 Å². The predicted octanol–water partition coefficient (Wildman–Crippen LogP) is 5.45. The fourth-order valence-electron chi connectivity index (χ4n) is 4.05. The van der Waals surface area contributed by atoms with Crippen molar-refractivity contribution in [3.8, 4) is 11.5 Å². The molecule has 1 atom stereocenters. The van der Waals surface area contributed by atoms with Gasteiger partial charge in [-0.15, -0.1) is 0 Å². The SMILES string of the molecule is CCC(C)(C)NC(=O)[C@H](c1cccc(OC)c1OC)N(C(=O)CCC(=O)Nc1cc(C)on1)c1ccccc1Cl. The van der Waals surface area contributed by atoms with E-state index in [9.17, 15) is 14.4 Å². The average Bonchev–Trinajstić information content (AvgIpc) is 3.34. The molecule has 214 valence electrons. The Morgan fingerprint density at radius 2 is 1.80 bits per heavy atom. The van der Waals surface area contributed by atoms with Gasteiger partial charge in [0.2, 0.25) is 17.7 Å². The number of benzene rings is 2. The topological polar surface area (TPSA) is 123 Å². The monoisotopic (exact) mass is 570 g/mol. The van der Waals surface area contributed by atoms with Crippen molar-refractivity contribution in [2.24, 2.45) is 0 Å². The number of carbonyl (C=O) groups excluding carboxylic acids is 3. The third-order valence-corrected chi connectivity index (χ3v) is 6.74. The van der Waals surface area contributed by atoms with Crippen LogP contribution in [0.3, 0.4) is 0 Å². The number of halogens is 1. The lowest BCUT2D eigenvalue weighted by molar-refractivity contribution is -0.128. The lowest BCUT2D eigenvalue weighted by atomic mass is 9.97. The predicted molar refractivity (Wildman–Crippen MR) is 153 cm³/mol. The van der Waals surface area contributed by atoms with Crippen LogP contribution in [0, 0.1) is 6.92 Å². The molecule has 0 fully saturated rings. The summed E-state index contributed by atoms with van der Waals surface area (Å²) < 4.78 is 16.1. The zero-order valence-electron chi connectivity index (χ0n) is 23.5. The van der Waals surface area contributed by atoms with Crippen molar-refractivity contribution in [3.63, 3.8) is 0 Å². The fourth-order valence-corrected chi connectivity index (χ4v) is 4.28. The summed E-state index contributed by atoms with van der Waals surface area (Å²) in [5.74, 6) is 0.0798. The lowest BCUT2D eigenvalue weighted by Crippen LogP contribution is -2.50. The molecule has 3 aromatic rings. The average molecular weight is 571 g/mol. The number of hydrogen-bond donors (Lipinski definition) is 2. The van der Waals surface area contributed by atoms with E-state index in [0.717, 1.165) is 0 Å². The van der Waals surface area contributed by atoms with Crippen molar-refractivity contribution in [1.29, 1.82) is 0 Å². The van der Waals surface area contributed by atoms with Crippen molar-refractivity contribution in [3.05, 3.63) is 64.9 Å². The Bertz CT molecular complexity index is 1360. The van der Waals surface area contributed by atoms with Crippen LogP contribution in [0.4, 0.5) is 11.5 Å². The molecule has 0 saturated heterocycles. The Balaban J connectivity index is 2.08. The first-order chi connectivity index (χ1) is 19.0. The van der Waals surface area contributed by atoms with E-state index in [1.165, 1.54) is 19.1 Å². The summed E-state index contributed by atoms with van der Waals surface area (Å²) in [6, 6.07) is 12.2. The van der Waals surface area contributed by atoms with Crippen molar-refractivity contribution in [2.45, 2.75) is 58.5 Å². The second-order valence-corrected chi connectivity index (χ2v) is 10.2. The normalized spacial score (nSPS) is 11.9. The number of nitrogens with one attached hydrogen (secondary N) is 2. The first kappa shape index (κ1) is 30.5. The van der Waals surface area contributed by atoms with Gasteiger partial charge in [-0.1, -0.05) is 47.9 Å². The Hall–Kier alpha value is -4.05. The van der Waals surface area contributed by atoms with Gasteiger partial charge in [0, 0.05) is 30.0 Å². The molecular formula is C29H35ClN4O6. The Morgan fingerprint density at radius 1 is 1.07 bits per heavy atom. The molecule has 11 heteroatoms. The number of hydrogen-bond acceptors (Lipinski definition) is 7. The van der Waals surface area contributed by atoms with Crippen LogP contribution < -0.4 is 25.0 Å². The van der Waals surface area contributed by atoms with Crippen LogP contribution in [-0.2, 0) is 14.4 Å². The summed E-state index contributed by atoms with van der Waals surface area (Å²) in [7, 11) is 2.95. The largest absolute Gasteiger partial charge is 0.493 e. The first-order valence-electron chi connectivity index (χ1n) is 12.8. The van der Waals surface area contributed by atoms with Crippen LogP contribution in [0.1, 0.15) is 57.4 Å². The molecule has 3 amide bonds. The molecule has 0 radical (unpaired) electrons. The van der Waals surface area contributed by atoms with E-state index in [4.69, 9.17) is 25.6 Å². The number of methoxy groups -OCH3 is 2. The number of rotatable bonds is 12. The summed E-state index contributed by atoms with van der Waals surface area (Å²) in [6.07, 6.45) is 0.249. The number of para-hydroxylation sites is 2. The van der Waals surface area contributed by atoms with E-state index < -0.39 is 29.3 Å². The van der Waals surface area contributed by atoms with Gasteiger partial charge >= 0.3 is 0 Å². The van der Waals surface area contributed by atoms with Gasteiger partial charge in [-0.05, 0) is 45.4 Å². The van der Waals surface area contributed by atoms with Gasteiger partial charge in [-0.2, -0.15) is 0 Å². The number of aryl methyl sites for hydroxylation is 1. The zero-order valence-corrected chi connectivity index (χ0v) is 24.3. The van der Waals surface area contributed by atoms with Crippen molar-refractivity contribution in [2.75, 3.05) is 24.4 Å². The van der Waals surface area contributed by atoms with Gasteiger partial charge in [0.15, 0.2) is 17.3 Å². The maximum Gasteiger partial charge on any atom is 0.248 e. The van der Waals surface area contributed by atoms with E-state index >= 15 is 0 Å². The van der Waals surface area contributed by atoms with Crippen molar-refractivity contribution >= 4 is 40.8 Å². The van der Waals surface area contributed by atoms with Crippen LogP contribution in [0.2, 0.25) is 5.02 Å². The lowest BCUT2D eigenvalue weighted by Gasteiger charge is -2.35. The van der Waals surface area contributed by atoms with Crippen LogP contribution in [-0.4, -0.2) is 42.6 Å². The first-order valence-corrected chi connectivity index (χ1v) is 13.2. The van der Waals surface area contributed by atoms with Crippen LogP contribution in [0.15, 0.2) is 53.1 Å². The molecule has 3 rings (SSSR count). The summed E-state index contributed by atoms with van der Waals surface area (Å²) in [6.45, 7) is 7.43. The minimum absolute atomic E-state index is 0.171. The summed E-state index contributed by atoms with van der Waals surface area (Å²) in [5, 5.41) is 9.66. The molecule has 1 aromatic heterocycles. The zero-order chi connectivity index (χ0) is 29.4. The molecule has 0 aliphatic heterocycles. The molecule has 0 spiro atoms. The Kier molecular flexibility index (Phi) is 10.2. The Labute approximate surface area is 238 Å². The van der Waals surface area contributed by atoms with Gasteiger partial charge in [-0.25, -0.2) is 0 Å². The van der Waals surface area contributed by atoms with E-state index in [1.54, 1.807) is 55.5 Å². The van der Waals surface area contributed by atoms with Gasteiger partial charge in [0.05, 0.1) is 24.9 Å². The number of aromatic nitrogens is 1. The minimum Gasteiger partial charge on any atom is -0.493 e. The highest BCUT2D eigenvalue weighted by atomic mass is 35.5. The second-order valence-electron chi connectivity index (χ2n) is 9.80. The minimum atomic E-state index is -1.20. The smallest absolute Gasteiger partial charge is 0.248 e. The van der Waals surface area contributed by atoms with E-state index in [1.807, 2.05) is 20.8 Å². The third-order valence-electron chi connectivity index (χ3n) is 6.42. The molecule has 2 aromatic carbocycles. The molecular weight excluding hydrogens is 536 g/mol. The molecule has 0 saturated carbocycles. The van der Waals surface area contributed by atoms with Gasteiger partial charge < -0.3 is 24.6 Å². The molecule has 0 aliphatic rings. The number of carbonyl (C=O) groups is 3. The number of nitrogens with zero attached hydrogens (tertiary/aromatic N) is 2.